The molecule has 1 aromatic rings. The number of aliphatic hydroxyl groups excluding tert-OH is 1. The number of halogens is 1. The fraction of sp³-hybridized carbons (Fsp3) is 0.714. The monoisotopic (exact) mass is 314 g/mol. The number of aliphatic hydroxyl groups is 1. The molecule has 0 saturated heterocycles. The van der Waals surface area contributed by atoms with Gasteiger partial charge >= 0.3 is 0 Å². The number of aromatic nitrogens is 2. The third kappa shape index (κ3) is 3.22. The van der Waals surface area contributed by atoms with Crippen molar-refractivity contribution >= 4 is 17.3 Å². The minimum absolute atomic E-state index is 0.141. The maximum Gasteiger partial charge on any atom is 0.287 e. The number of anilines is 1. The van der Waals surface area contributed by atoms with Crippen LogP contribution in [0.1, 0.15) is 26.2 Å². The largest absolute Gasteiger partial charge is 0.394 e. The maximum atomic E-state index is 12.2. The molecule has 1 aromatic heterocycles. The van der Waals surface area contributed by atoms with Crippen LogP contribution in [0.2, 0.25) is 5.02 Å². The quantitative estimate of drug-likeness (QED) is 0.813. The second kappa shape index (κ2) is 7.24. The van der Waals surface area contributed by atoms with Crippen LogP contribution in [0.15, 0.2) is 11.0 Å². The highest BCUT2D eigenvalue weighted by Crippen LogP contribution is 2.34. The highest BCUT2D eigenvalue weighted by molar-refractivity contribution is 6.33. The van der Waals surface area contributed by atoms with E-state index in [-0.39, 0.29) is 23.7 Å². The summed E-state index contributed by atoms with van der Waals surface area (Å²) in [6.45, 7) is 3.46. The van der Waals surface area contributed by atoms with Crippen molar-refractivity contribution in [2.75, 3.05) is 24.6 Å². The minimum atomic E-state index is -0.357. The van der Waals surface area contributed by atoms with Gasteiger partial charge in [-0.25, -0.2) is 4.68 Å². The first-order chi connectivity index (χ1) is 10.1. The molecule has 0 radical (unpaired) electrons. The summed E-state index contributed by atoms with van der Waals surface area (Å²) >= 11 is 6.25. The van der Waals surface area contributed by atoms with Crippen LogP contribution in [0.5, 0.6) is 0 Å². The van der Waals surface area contributed by atoms with Crippen LogP contribution in [0.4, 0.5) is 5.69 Å². The standard InChI is InChI=1S/C14H23ClN4O2/c1-2-18(11-5-3-4-10(11)8-16)12-9-17-19(6-7-20)14(21)13(12)15/h9-11,20H,2-8,16H2,1H3. The summed E-state index contributed by atoms with van der Waals surface area (Å²) in [6, 6.07) is 0.312. The van der Waals surface area contributed by atoms with Crippen LogP contribution in [0, 0.1) is 5.92 Å². The lowest BCUT2D eigenvalue weighted by Crippen LogP contribution is -2.41. The van der Waals surface area contributed by atoms with Gasteiger partial charge in [-0.1, -0.05) is 18.0 Å². The Kier molecular flexibility index (Phi) is 5.61. The van der Waals surface area contributed by atoms with Gasteiger partial charge in [0.1, 0.15) is 5.02 Å². The summed E-state index contributed by atoms with van der Waals surface area (Å²) in [5, 5.41) is 13.2. The second-order valence-corrected chi connectivity index (χ2v) is 5.75. The van der Waals surface area contributed by atoms with Gasteiger partial charge in [0.25, 0.3) is 5.56 Å². The molecule has 1 aliphatic rings. The molecule has 0 bridgehead atoms. The van der Waals surface area contributed by atoms with Crippen LogP contribution in [-0.2, 0) is 6.54 Å². The van der Waals surface area contributed by atoms with Crippen molar-refractivity contribution in [3.8, 4) is 0 Å². The van der Waals surface area contributed by atoms with Crippen LogP contribution in [0.25, 0.3) is 0 Å². The molecule has 0 aromatic carbocycles. The normalized spacial score (nSPS) is 21.7. The Morgan fingerprint density at radius 2 is 2.33 bits per heavy atom. The van der Waals surface area contributed by atoms with Gasteiger partial charge in [0.15, 0.2) is 0 Å². The van der Waals surface area contributed by atoms with Crippen molar-refractivity contribution in [1.82, 2.24) is 9.78 Å². The summed E-state index contributed by atoms with van der Waals surface area (Å²) < 4.78 is 1.19. The van der Waals surface area contributed by atoms with Crippen molar-refractivity contribution in [1.29, 1.82) is 0 Å². The van der Waals surface area contributed by atoms with Gasteiger partial charge in [-0.05, 0) is 32.2 Å². The molecule has 3 N–H and O–H groups in total. The summed E-state index contributed by atoms with van der Waals surface area (Å²) in [7, 11) is 0. The van der Waals surface area contributed by atoms with E-state index >= 15 is 0 Å². The first kappa shape index (κ1) is 16.3. The zero-order valence-corrected chi connectivity index (χ0v) is 13.1. The average Bonchev–Trinajstić information content (AvgIpc) is 2.95. The van der Waals surface area contributed by atoms with E-state index in [0.717, 1.165) is 25.8 Å². The fourth-order valence-corrected chi connectivity index (χ4v) is 3.45. The summed E-state index contributed by atoms with van der Waals surface area (Å²) in [4.78, 5) is 14.3. The van der Waals surface area contributed by atoms with E-state index < -0.39 is 0 Å². The predicted octanol–water partition coefficient (Wildman–Crippen LogP) is 0.843. The van der Waals surface area contributed by atoms with Crippen LogP contribution < -0.4 is 16.2 Å². The van der Waals surface area contributed by atoms with Crippen LogP contribution in [0.3, 0.4) is 0 Å². The Labute approximate surface area is 129 Å². The topological polar surface area (TPSA) is 84.4 Å². The molecular weight excluding hydrogens is 292 g/mol. The lowest BCUT2D eigenvalue weighted by molar-refractivity contribution is 0.266. The number of rotatable bonds is 6. The smallest absolute Gasteiger partial charge is 0.287 e. The molecule has 7 heteroatoms. The molecular formula is C14H23ClN4O2. The lowest BCUT2D eigenvalue weighted by Gasteiger charge is -2.34. The molecule has 1 saturated carbocycles. The first-order valence-corrected chi connectivity index (χ1v) is 7.85. The van der Waals surface area contributed by atoms with Gasteiger partial charge in [0.2, 0.25) is 0 Å². The van der Waals surface area contributed by atoms with Gasteiger partial charge in [-0.2, -0.15) is 5.10 Å². The van der Waals surface area contributed by atoms with E-state index in [4.69, 9.17) is 22.4 Å². The molecule has 0 aliphatic heterocycles. The molecule has 118 valence electrons. The zero-order chi connectivity index (χ0) is 15.4. The zero-order valence-electron chi connectivity index (χ0n) is 12.3. The van der Waals surface area contributed by atoms with Gasteiger partial charge in [0, 0.05) is 12.6 Å². The van der Waals surface area contributed by atoms with E-state index in [9.17, 15) is 4.79 Å². The van der Waals surface area contributed by atoms with Gasteiger partial charge in [0.05, 0.1) is 25.0 Å². The maximum absolute atomic E-state index is 12.2. The lowest BCUT2D eigenvalue weighted by atomic mass is 10.0. The second-order valence-electron chi connectivity index (χ2n) is 5.38. The molecule has 1 fully saturated rings. The minimum Gasteiger partial charge on any atom is -0.394 e. The first-order valence-electron chi connectivity index (χ1n) is 7.47. The number of nitrogens with zero attached hydrogens (tertiary/aromatic N) is 3. The Hall–Kier alpha value is -1.11. The molecule has 2 rings (SSSR count). The molecule has 2 unspecified atom stereocenters. The molecule has 6 nitrogen and oxygen atoms in total. The van der Waals surface area contributed by atoms with Gasteiger partial charge in [-0.15, -0.1) is 0 Å². The summed E-state index contributed by atoms with van der Waals surface area (Å²) in [5.74, 6) is 0.431. The SMILES string of the molecule is CCN(c1cnn(CCO)c(=O)c1Cl)C1CCCC1CN. The van der Waals surface area contributed by atoms with Crippen molar-refractivity contribution in [2.45, 2.75) is 38.8 Å². The average molecular weight is 315 g/mol. The predicted molar refractivity (Wildman–Crippen MR) is 83.8 cm³/mol. The number of hydrogen-bond acceptors (Lipinski definition) is 5. The Morgan fingerprint density at radius 1 is 1.57 bits per heavy atom. The van der Waals surface area contributed by atoms with Crippen molar-refractivity contribution in [3.05, 3.63) is 21.6 Å². The van der Waals surface area contributed by atoms with E-state index in [1.165, 1.54) is 4.68 Å². The molecule has 1 aliphatic carbocycles. The fourth-order valence-electron chi connectivity index (χ4n) is 3.20. The number of nitrogens with two attached hydrogens (primary N) is 1. The summed E-state index contributed by atoms with van der Waals surface area (Å²) in [6.07, 6.45) is 4.94. The van der Waals surface area contributed by atoms with Gasteiger partial charge in [-0.3, -0.25) is 4.79 Å². The highest BCUT2D eigenvalue weighted by Gasteiger charge is 2.32. The molecule has 2 atom stereocenters. The Bertz CT molecular complexity index is 534. The van der Waals surface area contributed by atoms with E-state index in [2.05, 4.69) is 10.00 Å². The van der Waals surface area contributed by atoms with E-state index in [1.54, 1.807) is 6.20 Å². The van der Waals surface area contributed by atoms with Crippen molar-refractivity contribution in [2.24, 2.45) is 11.7 Å². The molecule has 1 heterocycles. The third-order valence-electron chi connectivity index (χ3n) is 4.25. The van der Waals surface area contributed by atoms with E-state index in [0.29, 0.717) is 24.2 Å². The summed E-state index contributed by atoms with van der Waals surface area (Å²) in [5.41, 5.74) is 6.17. The van der Waals surface area contributed by atoms with Crippen LogP contribution in [-0.4, -0.2) is 40.6 Å². The van der Waals surface area contributed by atoms with Gasteiger partial charge < -0.3 is 15.7 Å². The molecule has 0 spiro atoms. The number of hydrogen-bond donors (Lipinski definition) is 2. The highest BCUT2D eigenvalue weighted by atomic mass is 35.5. The third-order valence-corrected chi connectivity index (χ3v) is 4.61. The Morgan fingerprint density at radius 3 is 2.95 bits per heavy atom. The van der Waals surface area contributed by atoms with Crippen molar-refractivity contribution in [3.63, 3.8) is 0 Å². The molecule has 21 heavy (non-hydrogen) atoms. The van der Waals surface area contributed by atoms with E-state index in [1.807, 2.05) is 6.92 Å². The molecule has 0 amide bonds. The van der Waals surface area contributed by atoms with Crippen LogP contribution >= 0.6 is 11.6 Å². The Balaban J connectivity index is 2.34. The van der Waals surface area contributed by atoms with Crippen molar-refractivity contribution < 1.29 is 5.11 Å².